The molecule has 0 saturated carbocycles. The van der Waals surface area contributed by atoms with Crippen molar-refractivity contribution in [1.29, 1.82) is 0 Å². The van der Waals surface area contributed by atoms with Crippen molar-refractivity contribution in [3.8, 4) is 5.75 Å². The van der Waals surface area contributed by atoms with Crippen LogP contribution in [0.2, 0.25) is 0 Å². The molecule has 0 aliphatic heterocycles. The van der Waals surface area contributed by atoms with E-state index in [0.717, 1.165) is 5.69 Å². The Morgan fingerprint density at radius 3 is 2.65 bits per heavy atom. The van der Waals surface area contributed by atoms with Gasteiger partial charge in [-0.2, -0.15) is 4.98 Å². The number of anilines is 2. The second kappa shape index (κ2) is 5.05. The van der Waals surface area contributed by atoms with Crippen molar-refractivity contribution in [1.82, 2.24) is 4.98 Å². The van der Waals surface area contributed by atoms with Gasteiger partial charge in [0.2, 0.25) is 0 Å². The third-order valence-electron chi connectivity index (χ3n) is 2.86. The highest BCUT2D eigenvalue weighted by Gasteiger charge is 2.10. The van der Waals surface area contributed by atoms with E-state index in [4.69, 9.17) is 9.15 Å². The van der Waals surface area contributed by atoms with E-state index in [1.165, 1.54) is 7.11 Å². The van der Waals surface area contributed by atoms with Gasteiger partial charge in [0.15, 0.2) is 0 Å². The number of methoxy groups -OCH3 is 1. The van der Waals surface area contributed by atoms with Crippen molar-refractivity contribution in [2.24, 2.45) is 0 Å². The molecule has 2 aromatic carbocycles. The second-order valence-electron chi connectivity index (χ2n) is 4.15. The maximum Gasteiger partial charge on any atom is 0.351 e. The highest BCUT2D eigenvalue weighted by atomic mass is 16.5. The van der Waals surface area contributed by atoms with Crippen LogP contribution in [0.4, 0.5) is 11.7 Å². The summed E-state index contributed by atoms with van der Waals surface area (Å²) in [6.45, 7) is 0. The fourth-order valence-corrected chi connectivity index (χ4v) is 1.96. The molecule has 1 N–H and O–H groups in total. The molecular formula is C15H12N2O3. The first-order valence-corrected chi connectivity index (χ1v) is 6.08. The predicted octanol–water partition coefficient (Wildman–Crippen LogP) is 2.94. The molecule has 0 spiro atoms. The topological polar surface area (TPSA) is 64.4 Å². The molecule has 0 bridgehead atoms. The van der Waals surface area contributed by atoms with E-state index in [1.54, 1.807) is 18.2 Å². The maximum absolute atomic E-state index is 12.0. The molecule has 0 radical (unpaired) electrons. The Balaban J connectivity index is 2.09. The normalized spacial score (nSPS) is 10.4. The fraction of sp³-hybridized carbons (Fsp3) is 0.0667. The van der Waals surface area contributed by atoms with Gasteiger partial charge in [-0.3, -0.25) is 0 Å². The smallest absolute Gasteiger partial charge is 0.351 e. The summed E-state index contributed by atoms with van der Waals surface area (Å²) >= 11 is 0. The molecule has 0 atom stereocenters. The van der Waals surface area contributed by atoms with E-state index in [-0.39, 0.29) is 6.01 Å². The standard InChI is InChI=1S/C15H12N2O3/c1-19-12-9-5-8-11-13(12)14(18)20-15(17-11)16-10-6-3-2-4-7-10/h2-9H,1H3,(H,16,17). The number of rotatable bonds is 3. The Morgan fingerprint density at radius 2 is 1.90 bits per heavy atom. The van der Waals surface area contributed by atoms with Gasteiger partial charge in [-0.25, -0.2) is 4.79 Å². The molecule has 3 aromatic rings. The summed E-state index contributed by atoms with van der Waals surface area (Å²) < 4.78 is 10.3. The Bertz CT molecular complexity index is 797. The number of fused-ring (bicyclic) bond motifs is 1. The molecule has 0 saturated heterocycles. The van der Waals surface area contributed by atoms with Gasteiger partial charge in [-0.05, 0) is 24.3 Å². The van der Waals surface area contributed by atoms with Crippen molar-refractivity contribution in [3.63, 3.8) is 0 Å². The Morgan fingerprint density at radius 1 is 1.10 bits per heavy atom. The van der Waals surface area contributed by atoms with Gasteiger partial charge in [0.05, 0.1) is 12.6 Å². The molecule has 0 aliphatic carbocycles. The van der Waals surface area contributed by atoms with Crippen molar-refractivity contribution in [3.05, 3.63) is 59.0 Å². The summed E-state index contributed by atoms with van der Waals surface area (Å²) in [6, 6.07) is 14.8. The number of nitrogens with one attached hydrogen (secondary N) is 1. The number of aromatic nitrogens is 1. The Hall–Kier alpha value is -2.82. The fourth-order valence-electron chi connectivity index (χ4n) is 1.96. The van der Waals surface area contributed by atoms with Crippen LogP contribution in [-0.2, 0) is 0 Å². The van der Waals surface area contributed by atoms with Gasteiger partial charge in [-0.1, -0.05) is 24.3 Å². The SMILES string of the molecule is COc1cccc2nc(Nc3ccccc3)oc(=O)c12. The minimum Gasteiger partial charge on any atom is -0.496 e. The molecule has 0 fully saturated rings. The van der Waals surface area contributed by atoms with Crippen LogP contribution in [-0.4, -0.2) is 12.1 Å². The summed E-state index contributed by atoms with van der Waals surface area (Å²) in [4.78, 5) is 16.3. The molecule has 5 nitrogen and oxygen atoms in total. The van der Waals surface area contributed by atoms with Crippen LogP contribution >= 0.6 is 0 Å². The van der Waals surface area contributed by atoms with Crippen LogP contribution in [0.3, 0.4) is 0 Å². The third-order valence-corrected chi connectivity index (χ3v) is 2.86. The van der Waals surface area contributed by atoms with Gasteiger partial charge in [-0.15, -0.1) is 0 Å². The highest BCUT2D eigenvalue weighted by molar-refractivity contribution is 5.84. The molecular weight excluding hydrogens is 256 g/mol. The van der Waals surface area contributed by atoms with E-state index >= 15 is 0 Å². The first-order valence-electron chi connectivity index (χ1n) is 6.08. The minimum atomic E-state index is -0.481. The summed E-state index contributed by atoms with van der Waals surface area (Å²) in [5.41, 5.74) is 0.843. The van der Waals surface area contributed by atoms with Crippen LogP contribution in [0, 0.1) is 0 Å². The summed E-state index contributed by atoms with van der Waals surface area (Å²) in [7, 11) is 1.50. The first-order chi connectivity index (χ1) is 9.78. The lowest BCUT2D eigenvalue weighted by Gasteiger charge is -2.06. The van der Waals surface area contributed by atoms with Crippen molar-refractivity contribution >= 4 is 22.6 Å². The lowest BCUT2D eigenvalue weighted by molar-refractivity contribution is 0.417. The predicted molar refractivity (Wildman–Crippen MR) is 76.6 cm³/mol. The Labute approximate surface area is 114 Å². The monoisotopic (exact) mass is 268 g/mol. The highest BCUT2D eigenvalue weighted by Crippen LogP contribution is 2.22. The van der Waals surface area contributed by atoms with Crippen molar-refractivity contribution in [2.75, 3.05) is 12.4 Å². The molecule has 3 rings (SSSR count). The molecule has 5 heteroatoms. The lowest BCUT2D eigenvalue weighted by Crippen LogP contribution is -2.06. The van der Waals surface area contributed by atoms with Crippen molar-refractivity contribution in [2.45, 2.75) is 0 Å². The van der Waals surface area contributed by atoms with Gasteiger partial charge < -0.3 is 14.5 Å². The van der Waals surface area contributed by atoms with Crippen LogP contribution in [0.15, 0.2) is 57.7 Å². The summed E-state index contributed by atoms with van der Waals surface area (Å²) in [6.07, 6.45) is 0. The molecule has 1 aromatic heterocycles. The van der Waals surface area contributed by atoms with E-state index in [9.17, 15) is 4.79 Å². The number of hydrogen-bond donors (Lipinski definition) is 1. The minimum absolute atomic E-state index is 0.155. The van der Waals surface area contributed by atoms with Crippen LogP contribution < -0.4 is 15.7 Å². The summed E-state index contributed by atoms with van der Waals surface area (Å²) in [5, 5.41) is 3.30. The van der Waals surface area contributed by atoms with Crippen LogP contribution in [0.5, 0.6) is 5.75 Å². The Kier molecular flexibility index (Phi) is 3.09. The average Bonchev–Trinajstić information content (AvgIpc) is 2.47. The van der Waals surface area contributed by atoms with E-state index in [2.05, 4.69) is 10.3 Å². The van der Waals surface area contributed by atoms with E-state index in [1.807, 2.05) is 30.3 Å². The average molecular weight is 268 g/mol. The van der Waals surface area contributed by atoms with Crippen molar-refractivity contribution < 1.29 is 9.15 Å². The first kappa shape index (κ1) is 12.2. The molecule has 0 aliphatic rings. The van der Waals surface area contributed by atoms with E-state index in [0.29, 0.717) is 16.7 Å². The van der Waals surface area contributed by atoms with Crippen LogP contribution in [0.25, 0.3) is 10.9 Å². The van der Waals surface area contributed by atoms with E-state index < -0.39 is 5.63 Å². The molecule has 0 unspecified atom stereocenters. The molecule has 20 heavy (non-hydrogen) atoms. The largest absolute Gasteiger partial charge is 0.496 e. The molecule has 100 valence electrons. The zero-order valence-corrected chi connectivity index (χ0v) is 10.8. The quantitative estimate of drug-likeness (QED) is 0.791. The third kappa shape index (κ3) is 2.21. The van der Waals surface area contributed by atoms with Gasteiger partial charge in [0.1, 0.15) is 11.1 Å². The number of nitrogens with zero attached hydrogens (tertiary/aromatic N) is 1. The zero-order chi connectivity index (χ0) is 13.9. The number of ether oxygens (including phenoxy) is 1. The van der Waals surface area contributed by atoms with Gasteiger partial charge in [0, 0.05) is 5.69 Å². The lowest BCUT2D eigenvalue weighted by atomic mass is 10.2. The van der Waals surface area contributed by atoms with Gasteiger partial charge in [0.25, 0.3) is 0 Å². The zero-order valence-electron chi connectivity index (χ0n) is 10.8. The molecule has 0 amide bonds. The number of hydrogen-bond acceptors (Lipinski definition) is 5. The number of para-hydroxylation sites is 1. The summed E-state index contributed by atoms with van der Waals surface area (Å²) in [5.74, 6) is 0.454. The maximum atomic E-state index is 12.0. The second-order valence-corrected chi connectivity index (χ2v) is 4.15. The van der Waals surface area contributed by atoms with Crippen LogP contribution in [0.1, 0.15) is 0 Å². The molecule has 1 heterocycles. The van der Waals surface area contributed by atoms with Gasteiger partial charge >= 0.3 is 11.6 Å². The number of benzene rings is 2.